The third-order valence-electron chi connectivity index (χ3n) is 4.84. The van der Waals surface area contributed by atoms with Crippen LogP contribution in [0.5, 0.6) is 0 Å². The fourth-order valence-corrected chi connectivity index (χ4v) is 4.59. The summed E-state index contributed by atoms with van der Waals surface area (Å²) in [5.41, 5.74) is 6.58. The Morgan fingerprint density at radius 2 is 2.24 bits per heavy atom. The Morgan fingerprint density at radius 3 is 2.90 bits per heavy atom. The number of rotatable bonds is 2. The van der Waals surface area contributed by atoms with Gasteiger partial charge < -0.3 is 20.5 Å². The van der Waals surface area contributed by atoms with Gasteiger partial charge in [0.25, 0.3) is 0 Å². The van der Waals surface area contributed by atoms with Gasteiger partial charge in [-0.1, -0.05) is 0 Å². The predicted molar refractivity (Wildman–Crippen MR) is 84.8 cm³/mol. The molecular formula is C12H13ClIN5O2. The second-order valence-corrected chi connectivity index (χ2v) is 7.04. The lowest BCUT2D eigenvalue weighted by atomic mass is 10.0. The fourth-order valence-electron chi connectivity index (χ4n) is 3.64. The highest BCUT2D eigenvalue weighted by molar-refractivity contribution is 14.1. The number of nitrogens with zero attached hydrogens (tertiary/aromatic N) is 4. The number of hydrogen-bond acceptors (Lipinski definition) is 6. The number of alkyl halides is 1. The summed E-state index contributed by atoms with van der Waals surface area (Å²) >= 11 is 7.99. The Labute approximate surface area is 138 Å². The molecule has 2 aliphatic carbocycles. The molecule has 0 radical (unpaired) electrons. The van der Waals surface area contributed by atoms with Crippen LogP contribution in [-0.4, -0.2) is 47.8 Å². The predicted octanol–water partition coefficient (Wildman–Crippen LogP) is 0.535. The van der Waals surface area contributed by atoms with E-state index in [2.05, 4.69) is 15.0 Å². The minimum atomic E-state index is -0.881. The maximum absolute atomic E-state index is 10.4. The first-order valence-corrected chi connectivity index (χ1v) is 8.18. The molecule has 5 atom stereocenters. The van der Waals surface area contributed by atoms with Gasteiger partial charge in [0.2, 0.25) is 0 Å². The number of nitrogens with two attached hydrogens (primary N) is 1. The van der Waals surface area contributed by atoms with Crippen molar-refractivity contribution in [2.75, 3.05) is 11.6 Å². The van der Waals surface area contributed by atoms with Gasteiger partial charge in [-0.2, -0.15) is 0 Å². The lowest BCUT2D eigenvalue weighted by Crippen LogP contribution is -2.34. The molecule has 2 saturated carbocycles. The number of halogens is 2. The molecule has 0 saturated heterocycles. The van der Waals surface area contributed by atoms with Gasteiger partial charge in [-0.05, 0) is 12.3 Å². The summed E-state index contributed by atoms with van der Waals surface area (Å²) < 4.78 is 2.32. The number of anilines is 1. The molecule has 2 fully saturated rings. The van der Waals surface area contributed by atoms with Crippen molar-refractivity contribution in [1.82, 2.24) is 19.5 Å². The van der Waals surface area contributed by atoms with Gasteiger partial charge in [-0.25, -0.2) is 15.0 Å². The van der Waals surface area contributed by atoms with E-state index in [1.165, 1.54) is 0 Å². The van der Waals surface area contributed by atoms with E-state index in [9.17, 15) is 10.2 Å². The van der Waals surface area contributed by atoms with Crippen LogP contribution in [0.3, 0.4) is 0 Å². The highest BCUT2D eigenvalue weighted by Crippen LogP contribution is 2.68. The van der Waals surface area contributed by atoms with Gasteiger partial charge in [-0.3, -0.25) is 0 Å². The molecule has 4 N–H and O–H groups in total. The Morgan fingerprint density at radius 1 is 1.48 bits per heavy atom. The molecular weight excluding hydrogens is 409 g/mol. The lowest BCUT2D eigenvalue weighted by Gasteiger charge is -2.23. The van der Waals surface area contributed by atoms with E-state index in [1.54, 1.807) is 10.9 Å². The van der Waals surface area contributed by atoms with E-state index in [0.717, 1.165) is 6.42 Å². The molecule has 112 valence electrons. The standard InChI is InChI=1S/C12H13ClIN5O2/c13-2-12-1-4(12)6(7(20)8(12)21)19-3-16-5-9(15)17-11(14)18-10(5)19/h3-4,6-8,20-21H,1-2H2,(H2,15,17,18)/t4-,6-,7+,8+,12+/m1/s1. The fraction of sp³-hybridized carbons (Fsp3) is 0.583. The van der Waals surface area contributed by atoms with Gasteiger partial charge in [0, 0.05) is 33.9 Å². The first-order valence-electron chi connectivity index (χ1n) is 6.57. The first-order chi connectivity index (χ1) is 9.99. The van der Waals surface area contributed by atoms with E-state index in [4.69, 9.17) is 17.3 Å². The number of nitrogen functional groups attached to an aromatic ring is 1. The smallest absolute Gasteiger partial charge is 0.194 e. The van der Waals surface area contributed by atoms with Gasteiger partial charge in [0.1, 0.15) is 11.6 Å². The van der Waals surface area contributed by atoms with Crippen LogP contribution in [-0.2, 0) is 0 Å². The third-order valence-corrected chi connectivity index (χ3v) is 5.82. The summed E-state index contributed by atoms with van der Waals surface area (Å²) in [6.07, 6.45) is 0.709. The Kier molecular flexibility index (Phi) is 2.92. The quantitative estimate of drug-likeness (QED) is 0.371. The van der Waals surface area contributed by atoms with Gasteiger partial charge in [0.05, 0.1) is 18.5 Å². The second-order valence-electron chi connectivity index (χ2n) is 5.81. The van der Waals surface area contributed by atoms with Crippen molar-refractivity contribution in [3.63, 3.8) is 0 Å². The summed E-state index contributed by atoms with van der Waals surface area (Å²) in [5, 5.41) is 20.7. The number of aliphatic hydroxyl groups excluding tert-OH is 2. The number of imidazole rings is 1. The maximum atomic E-state index is 10.4. The molecule has 0 aromatic carbocycles. The molecule has 4 rings (SSSR count). The molecule has 0 amide bonds. The topological polar surface area (TPSA) is 110 Å². The van der Waals surface area contributed by atoms with E-state index in [0.29, 0.717) is 26.7 Å². The minimum Gasteiger partial charge on any atom is -0.390 e. The molecule has 2 aromatic rings. The van der Waals surface area contributed by atoms with Crippen LogP contribution in [0.15, 0.2) is 6.33 Å². The van der Waals surface area contributed by atoms with Crippen LogP contribution >= 0.6 is 34.2 Å². The summed E-state index contributed by atoms with van der Waals surface area (Å²) in [6, 6.07) is -0.283. The molecule has 21 heavy (non-hydrogen) atoms. The summed E-state index contributed by atoms with van der Waals surface area (Å²) in [6.45, 7) is 0. The van der Waals surface area contributed by atoms with Crippen LogP contribution in [0.2, 0.25) is 0 Å². The zero-order valence-corrected chi connectivity index (χ0v) is 13.7. The van der Waals surface area contributed by atoms with Crippen LogP contribution in [0.4, 0.5) is 5.82 Å². The summed E-state index contributed by atoms with van der Waals surface area (Å²) in [4.78, 5) is 12.7. The highest BCUT2D eigenvalue weighted by Gasteiger charge is 2.71. The maximum Gasteiger partial charge on any atom is 0.194 e. The molecule has 9 heteroatoms. The summed E-state index contributed by atoms with van der Waals surface area (Å²) in [7, 11) is 0. The minimum absolute atomic E-state index is 0.131. The van der Waals surface area contributed by atoms with E-state index >= 15 is 0 Å². The van der Waals surface area contributed by atoms with Crippen molar-refractivity contribution in [2.24, 2.45) is 11.3 Å². The number of aromatic nitrogens is 4. The highest BCUT2D eigenvalue weighted by atomic mass is 127. The third kappa shape index (κ3) is 1.70. The molecule has 2 heterocycles. The van der Waals surface area contributed by atoms with Crippen molar-refractivity contribution < 1.29 is 10.2 Å². The molecule has 0 aliphatic heterocycles. The van der Waals surface area contributed by atoms with Gasteiger partial charge in [0.15, 0.2) is 15.3 Å². The van der Waals surface area contributed by atoms with Gasteiger partial charge in [-0.15, -0.1) is 11.6 Å². The van der Waals surface area contributed by atoms with Crippen molar-refractivity contribution in [1.29, 1.82) is 0 Å². The average Bonchev–Trinajstić information content (AvgIpc) is 2.97. The zero-order valence-electron chi connectivity index (χ0n) is 10.8. The molecule has 2 aromatic heterocycles. The van der Waals surface area contributed by atoms with E-state index < -0.39 is 12.2 Å². The van der Waals surface area contributed by atoms with Crippen LogP contribution in [0.25, 0.3) is 11.2 Å². The zero-order chi connectivity index (χ0) is 14.9. The first kappa shape index (κ1) is 13.9. The molecule has 0 unspecified atom stereocenters. The Bertz CT molecular complexity index is 740. The lowest BCUT2D eigenvalue weighted by molar-refractivity contribution is -0.0129. The van der Waals surface area contributed by atoms with Crippen LogP contribution < -0.4 is 5.73 Å². The van der Waals surface area contributed by atoms with Gasteiger partial charge >= 0.3 is 0 Å². The Hall–Kier alpha value is -0.710. The average molecular weight is 422 g/mol. The van der Waals surface area contributed by atoms with Crippen molar-refractivity contribution >= 4 is 51.2 Å². The Balaban J connectivity index is 1.85. The van der Waals surface area contributed by atoms with E-state index in [-0.39, 0.29) is 17.4 Å². The molecule has 0 bridgehead atoms. The van der Waals surface area contributed by atoms with Crippen molar-refractivity contribution in [3.05, 3.63) is 10.2 Å². The van der Waals surface area contributed by atoms with Crippen LogP contribution in [0.1, 0.15) is 12.5 Å². The monoisotopic (exact) mass is 421 g/mol. The van der Waals surface area contributed by atoms with E-state index in [1.807, 2.05) is 22.6 Å². The number of hydrogen-bond donors (Lipinski definition) is 3. The number of fused-ring (bicyclic) bond motifs is 2. The summed E-state index contributed by atoms with van der Waals surface area (Å²) in [5.74, 6) is 0.787. The largest absolute Gasteiger partial charge is 0.390 e. The SMILES string of the molecule is Nc1nc(I)nc2c1ncn2[C@H]1[C@H](O)[C@H](O)[C@]2(CCl)C[C@H]12. The normalized spacial score (nSPS) is 37.9. The second kappa shape index (κ2) is 4.40. The van der Waals surface area contributed by atoms with Crippen LogP contribution in [0, 0.1) is 15.2 Å². The molecule has 0 spiro atoms. The van der Waals surface area contributed by atoms with Crippen molar-refractivity contribution in [3.8, 4) is 0 Å². The number of aliphatic hydroxyl groups is 2. The molecule has 7 nitrogen and oxygen atoms in total. The molecule has 2 aliphatic rings. The van der Waals surface area contributed by atoms with Crippen molar-refractivity contribution in [2.45, 2.75) is 24.7 Å².